The van der Waals surface area contributed by atoms with Crippen molar-refractivity contribution in [2.24, 2.45) is 0 Å². The van der Waals surface area contributed by atoms with Crippen molar-refractivity contribution in [2.45, 2.75) is 20.3 Å². The number of allylic oxidation sites excluding steroid dienone is 1. The number of aromatic nitrogens is 1. The summed E-state index contributed by atoms with van der Waals surface area (Å²) in [6.45, 7) is 8.15. The Morgan fingerprint density at radius 3 is 2.73 bits per heavy atom. The second kappa shape index (κ2) is 3.85. The molecule has 1 aromatic carbocycles. The third-order valence-electron chi connectivity index (χ3n) is 2.66. The summed E-state index contributed by atoms with van der Waals surface area (Å²) in [6.07, 6.45) is 2.93. The van der Waals surface area contributed by atoms with Gasteiger partial charge in [0.05, 0.1) is 5.69 Å². The van der Waals surface area contributed by atoms with Crippen LogP contribution in [-0.4, -0.2) is 4.98 Å². The molecule has 0 radical (unpaired) electrons. The van der Waals surface area contributed by atoms with E-state index in [1.54, 1.807) is 0 Å². The van der Waals surface area contributed by atoms with Gasteiger partial charge in [0.2, 0.25) is 0 Å². The quantitative estimate of drug-likeness (QED) is 0.713. The molecule has 15 heavy (non-hydrogen) atoms. The SMILES string of the molecule is C=C(C)c1ncc2ccccc2c1CC. The molecule has 0 bridgehead atoms. The number of benzene rings is 1. The molecule has 1 nitrogen and oxygen atoms in total. The summed E-state index contributed by atoms with van der Waals surface area (Å²) in [5.74, 6) is 0. The largest absolute Gasteiger partial charge is 0.256 e. The average molecular weight is 197 g/mol. The maximum atomic E-state index is 4.48. The third kappa shape index (κ3) is 1.65. The van der Waals surface area contributed by atoms with Crippen molar-refractivity contribution in [3.63, 3.8) is 0 Å². The summed E-state index contributed by atoms with van der Waals surface area (Å²) < 4.78 is 0. The Labute approximate surface area is 90.5 Å². The zero-order valence-electron chi connectivity index (χ0n) is 9.25. The molecular formula is C14H15N. The highest BCUT2D eigenvalue weighted by molar-refractivity contribution is 5.88. The second-order valence-electron chi connectivity index (χ2n) is 3.81. The molecule has 0 aliphatic heterocycles. The Kier molecular flexibility index (Phi) is 2.55. The lowest BCUT2D eigenvalue weighted by molar-refractivity contribution is 1.10. The van der Waals surface area contributed by atoms with Crippen LogP contribution in [0.3, 0.4) is 0 Å². The zero-order chi connectivity index (χ0) is 10.8. The number of rotatable bonds is 2. The van der Waals surface area contributed by atoms with E-state index in [0.717, 1.165) is 17.7 Å². The van der Waals surface area contributed by atoms with Crippen LogP contribution in [-0.2, 0) is 6.42 Å². The molecule has 0 N–H and O–H groups in total. The van der Waals surface area contributed by atoms with Gasteiger partial charge in [-0.2, -0.15) is 0 Å². The Morgan fingerprint density at radius 2 is 2.07 bits per heavy atom. The van der Waals surface area contributed by atoms with Gasteiger partial charge in [-0.15, -0.1) is 0 Å². The Morgan fingerprint density at radius 1 is 1.33 bits per heavy atom. The van der Waals surface area contributed by atoms with Crippen molar-refractivity contribution in [1.29, 1.82) is 0 Å². The molecule has 0 unspecified atom stereocenters. The molecular weight excluding hydrogens is 182 g/mol. The maximum Gasteiger partial charge on any atom is 0.0691 e. The fourth-order valence-corrected chi connectivity index (χ4v) is 1.95. The lowest BCUT2D eigenvalue weighted by Crippen LogP contribution is -1.95. The first kappa shape index (κ1) is 9.91. The highest BCUT2D eigenvalue weighted by Gasteiger charge is 2.07. The van der Waals surface area contributed by atoms with Gasteiger partial charge in [-0.05, 0) is 29.9 Å². The fourth-order valence-electron chi connectivity index (χ4n) is 1.95. The van der Waals surface area contributed by atoms with Crippen LogP contribution < -0.4 is 0 Å². The lowest BCUT2D eigenvalue weighted by Gasteiger charge is -2.09. The van der Waals surface area contributed by atoms with E-state index in [9.17, 15) is 0 Å². The third-order valence-corrected chi connectivity index (χ3v) is 2.66. The molecule has 0 aliphatic carbocycles. The standard InChI is InChI=1S/C14H15N/c1-4-12-13-8-6-5-7-11(13)9-15-14(12)10(2)3/h5-9H,2,4H2,1,3H3. The van der Waals surface area contributed by atoms with Crippen LogP contribution in [0.15, 0.2) is 37.0 Å². The molecule has 0 saturated carbocycles. The van der Waals surface area contributed by atoms with Gasteiger partial charge >= 0.3 is 0 Å². The van der Waals surface area contributed by atoms with Gasteiger partial charge in [-0.1, -0.05) is 37.8 Å². The van der Waals surface area contributed by atoms with Crippen LogP contribution in [0.1, 0.15) is 25.1 Å². The molecule has 0 atom stereocenters. The molecule has 0 saturated heterocycles. The van der Waals surface area contributed by atoms with Gasteiger partial charge < -0.3 is 0 Å². The van der Waals surface area contributed by atoms with E-state index in [1.165, 1.54) is 16.3 Å². The van der Waals surface area contributed by atoms with Crippen molar-refractivity contribution < 1.29 is 0 Å². The minimum absolute atomic E-state index is 0.997. The predicted octanol–water partition coefficient (Wildman–Crippen LogP) is 3.83. The predicted molar refractivity (Wildman–Crippen MR) is 65.8 cm³/mol. The van der Waals surface area contributed by atoms with Crippen molar-refractivity contribution in [3.8, 4) is 0 Å². The minimum Gasteiger partial charge on any atom is -0.256 e. The lowest BCUT2D eigenvalue weighted by atomic mass is 9.99. The van der Waals surface area contributed by atoms with E-state index in [0.29, 0.717) is 0 Å². The Balaban J connectivity index is 2.81. The van der Waals surface area contributed by atoms with Gasteiger partial charge in [0, 0.05) is 11.6 Å². The number of aryl methyl sites for hydroxylation is 1. The van der Waals surface area contributed by atoms with Crippen LogP contribution in [0, 0.1) is 0 Å². The molecule has 0 spiro atoms. The number of hydrogen-bond donors (Lipinski definition) is 0. The smallest absolute Gasteiger partial charge is 0.0691 e. The van der Waals surface area contributed by atoms with Crippen molar-refractivity contribution in [2.75, 3.05) is 0 Å². The minimum atomic E-state index is 0.997. The first-order chi connectivity index (χ1) is 7.24. The summed E-state index contributed by atoms with van der Waals surface area (Å²) in [5, 5.41) is 2.51. The van der Waals surface area contributed by atoms with Crippen LogP contribution in [0.25, 0.3) is 16.3 Å². The van der Waals surface area contributed by atoms with Gasteiger partial charge in [-0.25, -0.2) is 0 Å². The van der Waals surface area contributed by atoms with Gasteiger partial charge in [0.25, 0.3) is 0 Å². The molecule has 1 heteroatoms. The molecule has 0 aliphatic rings. The number of fused-ring (bicyclic) bond motifs is 1. The van der Waals surface area contributed by atoms with Gasteiger partial charge in [-0.3, -0.25) is 4.98 Å². The van der Waals surface area contributed by atoms with Crippen molar-refractivity contribution in [1.82, 2.24) is 4.98 Å². The maximum absolute atomic E-state index is 4.48. The summed E-state index contributed by atoms with van der Waals surface area (Å²) in [6, 6.07) is 8.37. The molecule has 2 aromatic rings. The Bertz CT molecular complexity index is 512. The van der Waals surface area contributed by atoms with Crippen LogP contribution >= 0.6 is 0 Å². The first-order valence-electron chi connectivity index (χ1n) is 5.26. The summed E-state index contributed by atoms with van der Waals surface area (Å²) in [5.41, 5.74) is 3.40. The second-order valence-corrected chi connectivity index (χ2v) is 3.81. The highest BCUT2D eigenvalue weighted by Crippen LogP contribution is 2.24. The summed E-state index contributed by atoms with van der Waals surface area (Å²) >= 11 is 0. The van der Waals surface area contributed by atoms with Crippen LogP contribution in [0.2, 0.25) is 0 Å². The number of hydrogen-bond acceptors (Lipinski definition) is 1. The van der Waals surface area contributed by atoms with Crippen LogP contribution in [0.4, 0.5) is 0 Å². The van der Waals surface area contributed by atoms with E-state index >= 15 is 0 Å². The topological polar surface area (TPSA) is 12.9 Å². The normalized spacial score (nSPS) is 10.5. The monoisotopic (exact) mass is 197 g/mol. The molecule has 0 amide bonds. The fraction of sp³-hybridized carbons (Fsp3) is 0.214. The van der Waals surface area contributed by atoms with Crippen molar-refractivity contribution >= 4 is 16.3 Å². The van der Waals surface area contributed by atoms with E-state index in [2.05, 4.69) is 36.7 Å². The summed E-state index contributed by atoms with van der Waals surface area (Å²) in [4.78, 5) is 4.48. The first-order valence-corrected chi connectivity index (χ1v) is 5.26. The molecule has 0 fully saturated rings. The molecule has 1 heterocycles. The van der Waals surface area contributed by atoms with E-state index in [1.807, 2.05) is 19.2 Å². The van der Waals surface area contributed by atoms with E-state index in [-0.39, 0.29) is 0 Å². The van der Waals surface area contributed by atoms with E-state index in [4.69, 9.17) is 0 Å². The number of pyridine rings is 1. The van der Waals surface area contributed by atoms with Gasteiger partial charge in [0.1, 0.15) is 0 Å². The van der Waals surface area contributed by atoms with Gasteiger partial charge in [0.15, 0.2) is 0 Å². The zero-order valence-corrected chi connectivity index (χ0v) is 9.25. The average Bonchev–Trinajstić information content (AvgIpc) is 2.27. The molecule has 1 aromatic heterocycles. The molecule has 76 valence electrons. The molecule has 2 rings (SSSR count). The van der Waals surface area contributed by atoms with Crippen molar-refractivity contribution in [3.05, 3.63) is 48.3 Å². The van der Waals surface area contributed by atoms with Crippen LogP contribution in [0.5, 0.6) is 0 Å². The number of nitrogens with zero attached hydrogens (tertiary/aromatic N) is 1. The Hall–Kier alpha value is -1.63. The van der Waals surface area contributed by atoms with E-state index < -0.39 is 0 Å². The highest BCUT2D eigenvalue weighted by atomic mass is 14.7. The summed E-state index contributed by atoms with van der Waals surface area (Å²) in [7, 11) is 0.